The molecule has 0 aliphatic heterocycles. The second-order valence-electron chi connectivity index (χ2n) is 4.63. The van der Waals surface area contributed by atoms with Crippen molar-refractivity contribution in [3.63, 3.8) is 0 Å². The average molecular weight is 247 g/mol. The molecule has 5 nitrogen and oxygen atoms in total. The third-order valence-corrected chi connectivity index (χ3v) is 3.17. The maximum atomic E-state index is 4.44. The standard InChI is InChI=1S/C13H21N5/c1-5-12-11(9-18(4)16-12)8-15-10(2)13-14-6-7-17(13)3/h6-7,9-10,15H,5,8H2,1-4H3. The van der Waals surface area contributed by atoms with Crippen molar-refractivity contribution in [3.8, 4) is 0 Å². The van der Waals surface area contributed by atoms with Crippen LogP contribution in [0.15, 0.2) is 18.6 Å². The zero-order valence-electron chi connectivity index (χ0n) is 11.5. The number of hydrogen-bond donors (Lipinski definition) is 1. The van der Waals surface area contributed by atoms with Crippen LogP contribution in [0.1, 0.15) is 37.0 Å². The second-order valence-corrected chi connectivity index (χ2v) is 4.63. The van der Waals surface area contributed by atoms with E-state index in [4.69, 9.17) is 0 Å². The van der Waals surface area contributed by atoms with E-state index in [9.17, 15) is 0 Å². The molecule has 2 rings (SSSR count). The third kappa shape index (κ3) is 2.61. The van der Waals surface area contributed by atoms with Crippen LogP contribution in [0.2, 0.25) is 0 Å². The molecule has 0 radical (unpaired) electrons. The summed E-state index contributed by atoms with van der Waals surface area (Å²) in [5.41, 5.74) is 2.43. The van der Waals surface area contributed by atoms with E-state index in [1.165, 1.54) is 5.56 Å². The fraction of sp³-hybridized carbons (Fsp3) is 0.538. The predicted octanol–water partition coefficient (Wildman–Crippen LogP) is 1.57. The number of aromatic nitrogens is 4. The molecule has 0 aliphatic rings. The topological polar surface area (TPSA) is 47.7 Å². The summed E-state index contributed by atoms with van der Waals surface area (Å²) in [5, 5.41) is 7.94. The van der Waals surface area contributed by atoms with Crippen LogP contribution in [-0.4, -0.2) is 19.3 Å². The monoisotopic (exact) mass is 247 g/mol. The van der Waals surface area contributed by atoms with E-state index in [-0.39, 0.29) is 6.04 Å². The van der Waals surface area contributed by atoms with Crippen molar-refractivity contribution in [2.75, 3.05) is 0 Å². The third-order valence-electron chi connectivity index (χ3n) is 3.17. The van der Waals surface area contributed by atoms with E-state index in [0.717, 1.165) is 24.5 Å². The first-order valence-corrected chi connectivity index (χ1v) is 6.33. The summed E-state index contributed by atoms with van der Waals surface area (Å²) in [6.45, 7) is 5.09. The summed E-state index contributed by atoms with van der Waals surface area (Å²) in [6, 6.07) is 0.231. The molecule has 1 N–H and O–H groups in total. The van der Waals surface area contributed by atoms with Gasteiger partial charge in [-0.15, -0.1) is 0 Å². The van der Waals surface area contributed by atoms with Gasteiger partial charge in [0.25, 0.3) is 0 Å². The van der Waals surface area contributed by atoms with Gasteiger partial charge in [-0.2, -0.15) is 5.10 Å². The highest BCUT2D eigenvalue weighted by Crippen LogP contribution is 2.12. The largest absolute Gasteiger partial charge is 0.337 e. The van der Waals surface area contributed by atoms with Crippen molar-refractivity contribution >= 4 is 0 Å². The number of rotatable bonds is 5. The number of imidazole rings is 1. The SMILES string of the molecule is CCc1nn(C)cc1CNC(C)c1nccn1C. The molecule has 5 heteroatoms. The van der Waals surface area contributed by atoms with Crippen molar-refractivity contribution in [2.24, 2.45) is 14.1 Å². The number of hydrogen-bond acceptors (Lipinski definition) is 3. The molecule has 1 atom stereocenters. The van der Waals surface area contributed by atoms with Gasteiger partial charge in [0.05, 0.1) is 11.7 Å². The van der Waals surface area contributed by atoms with Gasteiger partial charge >= 0.3 is 0 Å². The predicted molar refractivity (Wildman–Crippen MR) is 71.0 cm³/mol. The fourth-order valence-corrected chi connectivity index (χ4v) is 2.18. The van der Waals surface area contributed by atoms with Crippen LogP contribution >= 0.6 is 0 Å². The molecule has 2 aromatic heterocycles. The minimum absolute atomic E-state index is 0.231. The Labute approximate surface area is 108 Å². The van der Waals surface area contributed by atoms with Crippen molar-refractivity contribution in [1.82, 2.24) is 24.6 Å². The molecule has 0 bridgehead atoms. The Morgan fingerprint density at radius 2 is 2.17 bits per heavy atom. The molecule has 0 aromatic carbocycles. The van der Waals surface area contributed by atoms with Crippen molar-refractivity contribution in [2.45, 2.75) is 32.9 Å². The lowest BCUT2D eigenvalue weighted by Gasteiger charge is -2.13. The first-order valence-electron chi connectivity index (χ1n) is 6.33. The van der Waals surface area contributed by atoms with Gasteiger partial charge < -0.3 is 9.88 Å². The maximum absolute atomic E-state index is 4.44. The summed E-state index contributed by atoms with van der Waals surface area (Å²) >= 11 is 0. The summed E-state index contributed by atoms with van der Waals surface area (Å²) < 4.78 is 3.92. The van der Waals surface area contributed by atoms with Gasteiger partial charge in [0.1, 0.15) is 5.82 Å². The summed E-state index contributed by atoms with van der Waals surface area (Å²) in [7, 11) is 3.98. The normalized spacial score (nSPS) is 12.9. The van der Waals surface area contributed by atoms with Gasteiger partial charge in [-0.3, -0.25) is 4.68 Å². The van der Waals surface area contributed by atoms with E-state index in [0.29, 0.717) is 0 Å². The molecule has 2 heterocycles. The van der Waals surface area contributed by atoms with E-state index in [1.54, 1.807) is 0 Å². The molecule has 0 aliphatic carbocycles. The van der Waals surface area contributed by atoms with Crippen molar-refractivity contribution in [3.05, 3.63) is 35.7 Å². The van der Waals surface area contributed by atoms with E-state index in [2.05, 4.69) is 35.4 Å². The molecule has 98 valence electrons. The first kappa shape index (κ1) is 12.8. The van der Waals surface area contributed by atoms with Crippen LogP contribution in [0.4, 0.5) is 0 Å². The van der Waals surface area contributed by atoms with Gasteiger partial charge in [0.15, 0.2) is 0 Å². The average Bonchev–Trinajstić information content (AvgIpc) is 2.92. The lowest BCUT2D eigenvalue weighted by Crippen LogP contribution is -2.21. The Bertz CT molecular complexity index is 511. The Balaban J connectivity index is 2.01. The Kier molecular flexibility index (Phi) is 3.81. The highest BCUT2D eigenvalue weighted by atomic mass is 15.3. The number of nitrogens with one attached hydrogen (secondary N) is 1. The van der Waals surface area contributed by atoms with Gasteiger partial charge in [0, 0.05) is 44.8 Å². The van der Waals surface area contributed by atoms with Crippen molar-refractivity contribution < 1.29 is 0 Å². The van der Waals surface area contributed by atoms with Gasteiger partial charge in [-0.05, 0) is 13.3 Å². The smallest absolute Gasteiger partial charge is 0.125 e. The van der Waals surface area contributed by atoms with Crippen molar-refractivity contribution in [1.29, 1.82) is 0 Å². The van der Waals surface area contributed by atoms with Crippen LogP contribution in [0.5, 0.6) is 0 Å². The molecular formula is C13H21N5. The molecule has 2 aromatic rings. The minimum Gasteiger partial charge on any atom is -0.337 e. The van der Waals surface area contributed by atoms with Gasteiger partial charge in [-0.25, -0.2) is 4.98 Å². The Morgan fingerprint density at radius 3 is 2.78 bits per heavy atom. The highest BCUT2D eigenvalue weighted by molar-refractivity contribution is 5.17. The second kappa shape index (κ2) is 5.35. The molecule has 18 heavy (non-hydrogen) atoms. The zero-order chi connectivity index (χ0) is 13.1. The van der Waals surface area contributed by atoms with E-state index >= 15 is 0 Å². The minimum atomic E-state index is 0.231. The van der Waals surface area contributed by atoms with Crippen LogP contribution in [0.25, 0.3) is 0 Å². The van der Waals surface area contributed by atoms with Gasteiger partial charge in [0.2, 0.25) is 0 Å². The molecule has 0 spiro atoms. The summed E-state index contributed by atoms with van der Waals surface area (Å²) in [4.78, 5) is 4.36. The zero-order valence-corrected chi connectivity index (χ0v) is 11.5. The molecule has 0 saturated carbocycles. The number of nitrogens with zero attached hydrogens (tertiary/aromatic N) is 4. The van der Waals surface area contributed by atoms with Crippen LogP contribution in [0, 0.1) is 0 Å². The summed E-state index contributed by atoms with van der Waals surface area (Å²) in [6.07, 6.45) is 6.84. The quantitative estimate of drug-likeness (QED) is 0.872. The lowest BCUT2D eigenvalue weighted by molar-refractivity contribution is 0.528. The van der Waals surface area contributed by atoms with E-state index < -0.39 is 0 Å². The maximum Gasteiger partial charge on any atom is 0.125 e. The highest BCUT2D eigenvalue weighted by Gasteiger charge is 2.11. The summed E-state index contributed by atoms with van der Waals surface area (Å²) in [5.74, 6) is 1.05. The molecular weight excluding hydrogens is 226 g/mol. The van der Waals surface area contributed by atoms with Crippen LogP contribution in [-0.2, 0) is 27.1 Å². The lowest BCUT2D eigenvalue weighted by atomic mass is 10.2. The Morgan fingerprint density at radius 1 is 1.39 bits per heavy atom. The van der Waals surface area contributed by atoms with Crippen LogP contribution < -0.4 is 5.32 Å². The molecule has 1 unspecified atom stereocenters. The first-order chi connectivity index (χ1) is 8.61. The molecule has 0 fully saturated rings. The fourth-order valence-electron chi connectivity index (χ4n) is 2.18. The van der Waals surface area contributed by atoms with E-state index in [1.807, 2.05) is 35.7 Å². The molecule has 0 amide bonds. The Hall–Kier alpha value is -1.62. The van der Waals surface area contributed by atoms with Gasteiger partial charge in [-0.1, -0.05) is 6.92 Å². The number of aryl methyl sites for hydroxylation is 3. The van der Waals surface area contributed by atoms with Crippen LogP contribution in [0.3, 0.4) is 0 Å². The molecule has 0 saturated heterocycles.